The number of hydrogen-bond donors (Lipinski definition) is 1. The first-order chi connectivity index (χ1) is 17.3. The second-order valence-electron chi connectivity index (χ2n) is 9.42. The Morgan fingerprint density at radius 2 is 1.67 bits per heavy atom. The van der Waals surface area contributed by atoms with Gasteiger partial charge in [0.15, 0.2) is 0 Å². The number of rotatable bonds is 9. The molecule has 1 atom stereocenters. The Bertz CT molecular complexity index is 1340. The number of fused-ring (bicyclic) bond motifs is 1. The van der Waals surface area contributed by atoms with Gasteiger partial charge >= 0.3 is 0 Å². The monoisotopic (exact) mass is 487 g/mol. The molecule has 4 aromatic rings. The van der Waals surface area contributed by atoms with Gasteiger partial charge in [0.2, 0.25) is 11.8 Å². The number of amides is 2. The Morgan fingerprint density at radius 3 is 2.36 bits per heavy atom. The van der Waals surface area contributed by atoms with Gasteiger partial charge < -0.3 is 10.2 Å². The standard InChI is InChI=1S/C28H30FN5O2/c1-4-28(2,3)30-27(36)26(21-14-16-22(29)17-15-21)33(18-20-10-6-5-7-11-20)25(35)19-34-24-13-9-8-12-23(24)31-32-34/h5-17,26H,4,18-19H2,1-3H3,(H,30,36). The summed E-state index contributed by atoms with van der Waals surface area (Å²) in [6, 6.07) is 21.6. The molecule has 1 heterocycles. The van der Waals surface area contributed by atoms with E-state index >= 15 is 0 Å². The summed E-state index contributed by atoms with van der Waals surface area (Å²) < 4.78 is 15.3. The van der Waals surface area contributed by atoms with Crippen molar-refractivity contribution in [3.8, 4) is 0 Å². The third kappa shape index (κ3) is 5.76. The summed E-state index contributed by atoms with van der Waals surface area (Å²) in [6.07, 6.45) is 0.701. The van der Waals surface area contributed by atoms with Crippen LogP contribution in [0.3, 0.4) is 0 Å². The van der Waals surface area contributed by atoms with E-state index in [0.717, 1.165) is 11.1 Å². The van der Waals surface area contributed by atoms with Crippen LogP contribution in [0.4, 0.5) is 4.39 Å². The lowest BCUT2D eigenvalue weighted by Gasteiger charge is -2.34. The zero-order valence-corrected chi connectivity index (χ0v) is 20.7. The van der Waals surface area contributed by atoms with Crippen LogP contribution in [0.2, 0.25) is 0 Å². The zero-order chi connectivity index (χ0) is 25.7. The molecule has 7 nitrogen and oxygen atoms in total. The zero-order valence-electron chi connectivity index (χ0n) is 20.7. The molecule has 0 saturated heterocycles. The molecule has 8 heteroatoms. The van der Waals surface area contributed by atoms with Gasteiger partial charge in [0.25, 0.3) is 0 Å². The van der Waals surface area contributed by atoms with E-state index in [9.17, 15) is 14.0 Å². The van der Waals surface area contributed by atoms with Gasteiger partial charge in [-0.05, 0) is 55.7 Å². The number of nitrogens with one attached hydrogen (secondary N) is 1. The first kappa shape index (κ1) is 25.0. The van der Waals surface area contributed by atoms with Gasteiger partial charge in [0.05, 0.1) is 5.52 Å². The average Bonchev–Trinajstić information content (AvgIpc) is 3.28. The van der Waals surface area contributed by atoms with Crippen LogP contribution in [0.25, 0.3) is 11.0 Å². The molecule has 0 saturated carbocycles. The lowest BCUT2D eigenvalue weighted by atomic mass is 9.98. The van der Waals surface area contributed by atoms with Crippen LogP contribution in [0, 0.1) is 5.82 Å². The molecule has 0 bridgehead atoms. The smallest absolute Gasteiger partial charge is 0.247 e. The highest BCUT2D eigenvalue weighted by atomic mass is 19.1. The van der Waals surface area contributed by atoms with Crippen molar-refractivity contribution in [3.05, 3.63) is 95.8 Å². The van der Waals surface area contributed by atoms with E-state index in [1.807, 2.05) is 75.4 Å². The summed E-state index contributed by atoms with van der Waals surface area (Å²) in [5, 5.41) is 11.4. The molecule has 0 fully saturated rings. The van der Waals surface area contributed by atoms with Crippen molar-refractivity contribution >= 4 is 22.8 Å². The molecule has 0 aliphatic carbocycles. The number of benzene rings is 3. The number of carbonyl (C=O) groups is 2. The second kappa shape index (κ2) is 10.7. The Labute approximate surface area is 209 Å². The molecule has 1 N–H and O–H groups in total. The number of halogens is 1. The van der Waals surface area contributed by atoms with Crippen LogP contribution >= 0.6 is 0 Å². The maximum atomic E-state index is 13.9. The van der Waals surface area contributed by atoms with Crippen LogP contribution in [0.5, 0.6) is 0 Å². The number of hydrogen-bond acceptors (Lipinski definition) is 4. The van der Waals surface area contributed by atoms with E-state index in [4.69, 9.17) is 0 Å². The molecule has 0 aliphatic heterocycles. The lowest BCUT2D eigenvalue weighted by molar-refractivity contribution is -0.143. The highest BCUT2D eigenvalue weighted by molar-refractivity contribution is 5.89. The molecule has 186 valence electrons. The summed E-state index contributed by atoms with van der Waals surface area (Å²) in [4.78, 5) is 29.1. The fraction of sp³-hybridized carbons (Fsp3) is 0.286. The predicted octanol–water partition coefficient (Wildman–Crippen LogP) is 4.65. The van der Waals surface area contributed by atoms with E-state index in [2.05, 4.69) is 15.6 Å². The van der Waals surface area contributed by atoms with Crippen LogP contribution in [0.1, 0.15) is 44.4 Å². The van der Waals surface area contributed by atoms with Gasteiger partial charge in [-0.2, -0.15) is 0 Å². The third-order valence-electron chi connectivity index (χ3n) is 6.31. The Morgan fingerprint density at radius 1 is 1.00 bits per heavy atom. The van der Waals surface area contributed by atoms with Crippen molar-refractivity contribution in [2.45, 2.75) is 51.9 Å². The molecule has 0 radical (unpaired) electrons. The quantitative estimate of drug-likeness (QED) is 0.373. The van der Waals surface area contributed by atoms with E-state index < -0.39 is 17.4 Å². The minimum atomic E-state index is -0.973. The predicted molar refractivity (Wildman–Crippen MR) is 136 cm³/mol. The van der Waals surface area contributed by atoms with Gasteiger partial charge in [-0.15, -0.1) is 5.10 Å². The maximum Gasteiger partial charge on any atom is 0.247 e. The van der Waals surface area contributed by atoms with Gasteiger partial charge in [-0.1, -0.05) is 66.7 Å². The molecule has 2 amide bonds. The largest absolute Gasteiger partial charge is 0.349 e. The first-order valence-electron chi connectivity index (χ1n) is 12.0. The third-order valence-corrected chi connectivity index (χ3v) is 6.31. The van der Waals surface area contributed by atoms with E-state index in [0.29, 0.717) is 17.5 Å². The molecule has 1 unspecified atom stereocenters. The number of aromatic nitrogens is 3. The topological polar surface area (TPSA) is 80.1 Å². The Hall–Kier alpha value is -4.07. The number of para-hydroxylation sites is 1. The SMILES string of the molecule is CCC(C)(C)NC(=O)C(c1ccc(F)cc1)N(Cc1ccccc1)C(=O)Cn1nnc2ccccc21. The molecule has 4 rings (SSSR count). The lowest BCUT2D eigenvalue weighted by Crippen LogP contribution is -2.50. The summed E-state index contributed by atoms with van der Waals surface area (Å²) in [7, 11) is 0. The minimum absolute atomic E-state index is 0.102. The average molecular weight is 488 g/mol. The fourth-order valence-electron chi connectivity index (χ4n) is 3.96. The van der Waals surface area contributed by atoms with E-state index in [1.165, 1.54) is 21.7 Å². The minimum Gasteiger partial charge on any atom is -0.349 e. The number of nitrogens with zero attached hydrogens (tertiary/aromatic N) is 4. The maximum absolute atomic E-state index is 13.9. The summed E-state index contributed by atoms with van der Waals surface area (Å²) in [5.41, 5.74) is 2.30. The summed E-state index contributed by atoms with van der Waals surface area (Å²) in [6.45, 7) is 5.93. The highest BCUT2D eigenvalue weighted by Crippen LogP contribution is 2.26. The van der Waals surface area contributed by atoms with E-state index in [-0.39, 0.29) is 24.9 Å². The van der Waals surface area contributed by atoms with Gasteiger partial charge in [0, 0.05) is 12.1 Å². The summed E-state index contributed by atoms with van der Waals surface area (Å²) >= 11 is 0. The fourth-order valence-corrected chi connectivity index (χ4v) is 3.96. The molecule has 0 spiro atoms. The number of carbonyl (C=O) groups excluding carboxylic acids is 2. The Balaban J connectivity index is 1.75. The molecule has 3 aromatic carbocycles. The van der Waals surface area contributed by atoms with Crippen molar-refractivity contribution in [2.75, 3.05) is 0 Å². The van der Waals surface area contributed by atoms with Crippen molar-refractivity contribution < 1.29 is 14.0 Å². The molecule has 0 aliphatic rings. The highest BCUT2D eigenvalue weighted by Gasteiger charge is 2.34. The Kier molecular flexibility index (Phi) is 7.43. The van der Waals surface area contributed by atoms with Crippen LogP contribution in [-0.2, 0) is 22.7 Å². The van der Waals surface area contributed by atoms with Crippen molar-refractivity contribution in [1.82, 2.24) is 25.2 Å². The molecular formula is C28H30FN5O2. The molecule has 1 aromatic heterocycles. The van der Waals surface area contributed by atoms with Crippen LogP contribution in [-0.4, -0.2) is 37.2 Å². The van der Waals surface area contributed by atoms with Gasteiger partial charge in [-0.3, -0.25) is 9.59 Å². The van der Waals surface area contributed by atoms with Crippen molar-refractivity contribution in [1.29, 1.82) is 0 Å². The summed E-state index contributed by atoms with van der Waals surface area (Å²) in [5.74, 6) is -1.06. The molecule has 36 heavy (non-hydrogen) atoms. The van der Waals surface area contributed by atoms with Gasteiger partial charge in [0.1, 0.15) is 23.9 Å². The van der Waals surface area contributed by atoms with Crippen molar-refractivity contribution in [3.63, 3.8) is 0 Å². The molecular weight excluding hydrogens is 457 g/mol. The first-order valence-corrected chi connectivity index (χ1v) is 12.0. The van der Waals surface area contributed by atoms with Crippen LogP contribution in [0.15, 0.2) is 78.9 Å². The second-order valence-corrected chi connectivity index (χ2v) is 9.42. The van der Waals surface area contributed by atoms with Crippen LogP contribution < -0.4 is 5.32 Å². The normalized spacial score (nSPS) is 12.3. The van der Waals surface area contributed by atoms with Crippen molar-refractivity contribution in [2.24, 2.45) is 0 Å². The van der Waals surface area contributed by atoms with E-state index in [1.54, 1.807) is 12.1 Å². The van der Waals surface area contributed by atoms with Gasteiger partial charge in [-0.25, -0.2) is 9.07 Å².